The predicted octanol–water partition coefficient (Wildman–Crippen LogP) is 6.37. The van der Waals surface area contributed by atoms with Crippen molar-refractivity contribution in [3.05, 3.63) is 95.1 Å². The van der Waals surface area contributed by atoms with E-state index in [2.05, 4.69) is 0 Å². The second-order valence-electron chi connectivity index (χ2n) is 6.82. The van der Waals surface area contributed by atoms with Gasteiger partial charge in [-0.05, 0) is 41.5 Å². The van der Waals surface area contributed by atoms with Gasteiger partial charge in [0.1, 0.15) is 24.0 Å². The number of rotatable bonds is 7. The average molecular weight is 448 g/mol. The number of carbonyl (C=O) groups is 1. The van der Waals surface area contributed by atoms with Gasteiger partial charge in [0.2, 0.25) is 0 Å². The molecule has 0 radical (unpaired) electrons. The van der Waals surface area contributed by atoms with E-state index in [0.717, 1.165) is 12.1 Å². The smallest absolute Gasteiger partial charge is 0.416 e. The number of hydrogen-bond acceptors (Lipinski definition) is 2. The Labute approximate surface area is 180 Å². The highest BCUT2D eigenvalue weighted by Crippen LogP contribution is 2.31. The third kappa shape index (κ3) is 5.72. The molecule has 166 valence electrons. The molecular formula is C24H17F5O3. The summed E-state index contributed by atoms with van der Waals surface area (Å²) in [6.07, 6.45) is -2.33. The van der Waals surface area contributed by atoms with Gasteiger partial charge in [-0.2, -0.15) is 13.2 Å². The van der Waals surface area contributed by atoms with Gasteiger partial charge in [-0.3, -0.25) is 4.79 Å². The van der Waals surface area contributed by atoms with Crippen molar-refractivity contribution in [1.29, 1.82) is 0 Å². The molecule has 0 bridgehead atoms. The quantitative estimate of drug-likeness (QED) is 0.427. The summed E-state index contributed by atoms with van der Waals surface area (Å²) in [6, 6.07) is 13.2. The predicted molar refractivity (Wildman–Crippen MR) is 109 cm³/mol. The zero-order valence-corrected chi connectivity index (χ0v) is 16.5. The molecular weight excluding hydrogens is 431 g/mol. The highest BCUT2D eigenvalue weighted by atomic mass is 19.4. The van der Waals surface area contributed by atoms with Crippen LogP contribution in [-0.4, -0.2) is 17.7 Å². The highest BCUT2D eigenvalue weighted by molar-refractivity contribution is 5.73. The molecule has 0 aliphatic heterocycles. The normalized spacial score (nSPS) is 11.7. The third-order valence-corrected chi connectivity index (χ3v) is 4.54. The fraction of sp³-hybridized carbons (Fsp3) is 0.125. The van der Waals surface area contributed by atoms with Crippen molar-refractivity contribution in [2.45, 2.75) is 12.6 Å². The SMILES string of the molecule is O=C(O)Cc1cccc(-c2cccc(OC/C=C/c3ccc(C(F)(F)F)cc3F)c2)c1F. The molecule has 0 aliphatic carbocycles. The zero-order valence-electron chi connectivity index (χ0n) is 16.5. The van der Waals surface area contributed by atoms with Crippen molar-refractivity contribution in [1.82, 2.24) is 0 Å². The number of halogens is 5. The van der Waals surface area contributed by atoms with E-state index in [4.69, 9.17) is 9.84 Å². The van der Waals surface area contributed by atoms with Gasteiger partial charge < -0.3 is 9.84 Å². The first-order valence-corrected chi connectivity index (χ1v) is 9.41. The molecule has 0 saturated carbocycles. The van der Waals surface area contributed by atoms with Gasteiger partial charge in [0.15, 0.2) is 0 Å². The molecule has 0 fully saturated rings. The molecule has 0 amide bonds. The lowest BCUT2D eigenvalue weighted by molar-refractivity contribution is -0.138. The second-order valence-corrected chi connectivity index (χ2v) is 6.82. The summed E-state index contributed by atoms with van der Waals surface area (Å²) in [5.41, 5.74) is -0.336. The number of carboxylic acids is 1. The van der Waals surface area contributed by atoms with Crippen LogP contribution in [0, 0.1) is 11.6 Å². The van der Waals surface area contributed by atoms with E-state index in [1.807, 2.05) is 0 Å². The lowest BCUT2D eigenvalue weighted by Crippen LogP contribution is -2.05. The van der Waals surface area contributed by atoms with Crippen molar-refractivity contribution in [3.8, 4) is 16.9 Å². The fourth-order valence-corrected chi connectivity index (χ4v) is 3.01. The Balaban J connectivity index is 1.70. The molecule has 32 heavy (non-hydrogen) atoms. The molecule has 0 spiro atoms. The first kappa shape index (κ1) is 23.0. The molecule has 0 unspecified atom stereocenters. The van der Waals surface area contributed by atoms with E-state index in [9.17, 15) is 26.7 Å². The molecule has 3 aromatic carbocycles. The van der Waals surface area contributed by atoms with Crippen LogP contribution in [-0.2, 0) is 17.4 Å². The largest absolute Gasteiger partial charge is 0.490 e. The van der Waals surface area contributed by atoms with Gasteiger partial charge in [0.25, 0.3) is 0 Å². The fourth-order valence-electron chi connectivity index (χ4n) is 3.01. The molecule has 3 nitrogen and oxygen atoms in total. The Hall–Kier alpha value is -3.68. The minimum Gasteiger partial charge on any atom is -0.490 e. The lowest BCUT2D eigenvalue weighted by Gasteiger charge is -2.10. The molecule has 3 rings (SSSR count). The minimum absolute atomic E-state index is 0.00848. The van der Waals surface area contributed by atoms with Gasteiger partial charge >= 0.3 is 12.1 Å². The summed E-state index contributed by atoms with van der Waals surface area (Å²) < 4.78 is 71.8. The summed E-state index contributed by atoms with van der Waals surface area (Å²) in [5, 5.41) is 8.90. The number of aliphatic carboxylic acids is 1. The molecule has 3 aromatic rings. The van der Waals surface area contributed by atoms with E-state index in [1.165, 1.54) is 24.3 Å². The van der Waals surface area contributed by atoms with Crippen molar-refractivity contribution < 1.29 is 36.6 Å². The van der Waals surface area contributed by atoms with Crippen molar-refractivity contribution in [2.24, 2.45) is 0 Å². The van der Waals surface area contributed by atoms with Crippen LogP contribution in [0.25, 0.3) is 17.2 Å². The molecule has 0 aliphatic rings. The molecule has 0 saturated heterocycles. The molecule has 0 atom stereocenters. The maximum absolute atomic E-state index is 14.7. The van der Waals surface area contributed by atoms with Crippen LogP contribution >= 0.6 is 0 Å². The zero-order chi connectivity index (χ0) is 23.3. The van der Waals surface area contributed by atoms with E-state index in [0.29, 0.717) is 17.4 Å². The standard InChI is InChI=1S/C24H17F5O3/c25-21-14-18(24(27,28)29)10-9-15(21)6-3-11-32-19-7-1-4-16(12-19)20-8-2-5-17(23(20)26)13-22(30)31/h1-10,12,14H,11,13H2,(H,30,31)/b6-3+. The lowest BCUT2D eigenvalue weighted by atomic mass is 10.0. The summed E-state index contributed by atoms with van der Waals surface area (Å²) in [4.78, 5) is 10.9. The van der Waals surface area contributed by atoms with Gasteiger partial charge in [0, 0.05) is 11.1 Å². The maximum Gasteiger partial charge on any atom is 0.416 e. The van der Waals surface area contributed by atoms with Crippen molar-refractivity contribution in [2.75, 3.05) is 6.61 Å². The summed E-state index contributed by atoms with van der Waals surface area (Å²) in [7, 11) is 0. The van der Waals surface area contributed by atoms with E-state index < -0.39 is 35.8 Å². The Morgan fingerprint density at radius 2 is 1.75 bits per heavy atom. The number of carboxylic acid groups (broad SMARTS) is 1. The monoisotopic (exact) mass is 448 g/mol. The van der Waals surface area contributed by atoms with Crippen LogP contribution in [0.4, 0.5) is 22.0 Å². The summed E-state index contributed by atoms with van der Waals surface area (Å²) in [5.74, 6) is -2.41. The Morgan fingerprint density at radius 1 is 1.00 bits per heavy atom. The number of benzene rings is 3. The molecule has 0 aromatic heterocycles. The minimum atomic E-state index is -4.62. The number of hydrogen-bond donors (Lipinski definition) is 1. The first-order valence-electron chi connectivity index (χ1n) is 9.41. The summed E-state index contributed by atoms with van der Waals surface area (Å²) >= 11 is 0. The summed E-state index contributed by atoms with van der Waals surface area (Å²) in [6.45, 7) is -0.00848. The van der Waals surface area contributed by atoms with Crippen LogP contribution in [0.3, 0.4) is 0 Å². The van der Waals surface area contributed by atoms with Crippen LogP contribution < -0.4 is 4.74 Å². The van der Waals surface area contributed by atoms with Crippen molar-refractivity contribution >= 4 is 12.0 Å². The van der Waals surface area contributed by atoms with Gasteiger partial charge in [0.05, 0.1) is 12.0 Å². The molecule has 0 heterocycles. The van der Waals surface area contributed by atoms with Crippen LogP contribution in [0.1, 0.15) is 16.7 Å². The molecule has 1 N–H and O–H groups in total. The van der Waals surface area contributed by atoms with Crippen LogP contribution in [0.2, 0.25) is 0 Å². The Bertz CT molecular complexity index is 1150. The Morgan fingerprint density at radius 3 is 2.44 bits per heavy atom. The molecule has 8 heteroatoms. The average Bonchev–Trinajstić information content (AvgIpc) is 2.73. The van der Waals surface area contributed by atoms with Gasteiger partial charge in [-0.25, -0.2) is 8.78 Å². The first-order chi connectivity index (χ1) is 15.1. The van der Waals surface area contributed by atoms with Gasteiger partial charge in [-0.15, -0.1) is 0 Å². The second kappa shape index (κ2) is 9.64. The van der Waals surface area contributed by atoms with E-state index in [1.54, 1.807) is 30.3 Å². The van der Waals surface area contributed by atoms with Gasteiger partial charge in [-0.1, -0.05) is 42.5 Å². The Kier molecular flexibility index (Phi) is 6.92. The van der Waals surface area contributed by atoms with E-state index >= 15 is 0 Å². The number of alkyl halides is 3. The van der Waals surface area contributed by atoms with Crippen LogP contribution in [0.5, 0.6) is 5.75 Å². The highest BCUT2D eigenvalue weighted by Gasteiger charge is 2.30. The van der Waals surface area contributed by atoms with Crippen LogP contribution in [0.15, 0.2) is 66.7 Å². The third-order valence-electron chi connectivity index (χ3n) is 4.54. The van der Waals surface area contributed by atoms with E-state index in [-0.39, 0.29) is 23.3 Å². The number of ether oxygens (including phenoxy) is 1. The maximum atomic E-state index is 14.7. The van der Waals surface area contributed by atoms with Crippen molar-refractivity contribution in [3.63, 3.8) is 0 Å². The topological polar surface area (TPSA) is 46.5 Å².